The molecule has 0 saturated heterocycles. The molecule has 2 N–H and O–H groups in total. The van der Waals surface area contributed by atoms with E-state index in [0.29, 0.717) is 29.0 Å². The number of unbranched alkanes of at least 4 members (excludes halogenated alkanes) is 1. The van der Waals surface area contributed by atoms with E-state index in [1.54, 1.807) is 24.3 Å². The molecule has 4 aromatic rings. The number of ether oxygens (including phenoxy) is 1. The number of nitrogen functional groups attached to an aromatic ring is 1. The molecule has 0 radical (unpaired) electrons. The fourth-order valence-corrected chi connectivity index (χ4v) is 3.67. The Hall–Kier alpha value is -3.48. The number of halogens is 1. The normalized spacial score (nSPS) is 11.3. The third kappa shape index (κ3) is 3.58. The number of nitrogens with zero attached hydrogens (tertiary/aromatic N) is 3. The number of hydrogen-bond acceptors (Lipinski definition) is 5. The second-order valence-corrected chi connectivity index (χ2v) is 7.26. The maximum Gasteiger partial charge on any atom is 0.337 e. The number of esters is 1. The molecule has 6 nitrogen and oxygen atoms in total. The van der Waals surface area contributed by atoms with Gasteiger partial charge in [-0.05, 0) is 42.3 Å². The minimum absolute atomic E-state index is 0.269. The van der Waals surface area contributed by atoms with Gasteiger partial charge in [0.25, 0.3) is 0 Å². The zero-order chi connectivity index (χ0) is 21.3. The quantitative estimate of drug-likeness (QED) is 0.477. The summed E-state index contributed by atoms with van der Waals surface area (Å²) in [5, 5.41) is 0.851. The van der Waals surface area contributed by atoms with Gasteiger partial charge in [-0.2, -0.15) is 0 Å². The molecule has 7 heteroatoms. The summed E-state index contributed by atoms with van der Waals surface area (Å²) in [7, 11) is 1.34. The molecule has 0 bridgehead atoms. The molecular weight excluding hydrogens is 383 g/mol. The Morgan fingerprint density at radius 2 is 1.93 bits per heavy atom. The van der Waals surface area contributed by atoms with Crippen LogP contribution in [0.1, 0.15) is 41.5 Å². The molecule has 154 valence electrons. The highest BCUT2D eigenvalue weighted by Crippen LogP contribution is 2.30. The molecule has 0 aliphatic heterocycles. The number of carbonyl (C=O) groups excluding carboxylic acids is 1. The van der Waals surface area contributed by atoms with Gasteiger partial charge in [-0.1, -0.05) is 25.5 Å². The second kappa shape index (κ2) is 8.10. The van der Waals surface area contributed by atoms with E-state index in [2.05, 4.69) is 16.5 Å². The molecule has 0 saturated carbocycles. The fraction of sp³-hybridized carbons (Fsp3) is 0.261. The summed E-state index contributed by atoms with van der Waals surface area (Å²) in [6, 6.07) is 11.7. The van der Waals surface area contributed by atoms with Crippen molar-refractivity contribution in [2.75, 3.05) is 12.8 Å². The van der Waals surface area contributed by atoms with Gasteiger partial charge in [-0.25, -0.2) is 19.2 Å². The van der Waals surface area contributed by atoms with Gasteiger partial charge >= 0.3 is 5.97 Å². The summed E-state index contributed by atoms with van der Waals surface area (Å²) in [6.45, 7) is 2.67. The molecule has 0 fully saturated rings. The Balaban J connectivity index is 1.94. The number of methoxy groups -OCH3 is 1. The van der Waals surface area contributed by atoms with Crippen molar-refractivity contribution in [1.82, 2.24) is 14.5 Å². The number of benzene rings is 2. The lowest BCUT2D eigenvalue weighted by molar-refractivity contribution is 0.0601. The second-order valence-electron chi connectivity index (χ2n) is 7.26. The first kappa shape index (κ1) is 19.8. The predicted octanol–water partition coefficient (Wildman–Crippen LogP) is 4.48. The van der Waals surface area contributed by atoms with Crippen molar-refractivity contribution in [3.05, 3.63) is 65.2 Å². The summed E-state index contributed by atoms with van der Waals surface area (Å²) in [5.41, 5.74) is 9.73. The van der Waals surface area contributed by atoms with Gasteiger partial charge in [0.1, 0.15) is 17.2 Å². The molecule has 0 aliphatic rings. The predicted molar refractivity (Wildman–Crippen MR) is 115 cm³/mol. The Labute approximate surface area is 173 Å². The van der Waals surface area contributed by atoms with Gasteiger partial charge in [-0.15, -0.1) is 0 Å². The highest BCUT2D eigenvalue weighted by Gasteiger charge is 2.18. The van der Waals surface area contributed by atoms with Crippen molar-refractivity contribution in [2.45, 2.75) is 32.7 Å². The molecule has 0 unspecified atom stereocenters. The smallest absolute Gasteiger partial charge is 0.337 e. The van der Waals surface area contributed by atoms with Crippen LogP contribution in [0.15, 0.2) is 42.5 Å². The zero-order valence-electron chi connectivity index (χ0n) is 17.0. The molecule has 2 heterocycles. The van der Waals surface area contributed by atoms with Crippen LogP contribution < -0.4 is 5.73 Å². The van der Waals surface area contributed by atoms with Crippen LogP contribution in [0.25, 0.3) is 21.9 Å². The molecule has 2 aromatic heterocycles. The maximum atomic E-state index is 13.4. The number of hydrogen-bond donors (Lipinski definition) is 1. The average Bonchev–Trinajstić information content (AvgIpc) is 3.12. The Morgan fingerprint density at radius 3 is 2.63 bits per heavy atom. The highest BCUT2D eigenvalue weighted by molar-refractivity contribution is 6.08. The number of fused-ring (bicyclic) bond motifs is 3. The van der Waals surface area contributed by atoms with E-state index in [-0.39, 0.29) is 5.82 Å². The van der Waals surface area contributed by atoms with Crippen LogP contribution in [0.5, 0.6) is 0 Å². The third-order valence-corrected chi connectivity index (χ3v) is 5.21. The zero-order valence-corrected chi connectivity index (χ0v) is 17.0. The summed E-state index contributed by atoms with van der Waals surface area (Å²) in [6.07, 6.45) is 2.83. The van der Waals surface area contributed by atoms with E-state index < -0.39 is 5.97 Å². The van der Waals surface area contributed by atoms with Crippen molar-refractivity contribution >= 4 is 33.7 Å². The van der Waals surface area contributed by atoms with Crippen LogP contribution in [-0.2, 0) is 17.7 Å². The van der Waals surface area contributed by atoms with Crippen LogP contribution in [0.4, 0.5) is 10.2 Å². The molecule has 0 aliphatic carbocycles. The van der Waals surface area contributed by atoms with E-state index in [1.807, 2.05) is 6.07 Å². The lowest BCUT2D eigenvalue weighted by Gasteiger charge is -2.12. The van der Waals surface area contributed by atoms with E-state index in [0.717, 1.165) is 41.6 Å². The first-order valence-electron chi connectivity index (χ1n) is 9.93. The van der Waals surface area contributed by atoms with E-state index >= 15 is 0 Å². The monoisotopic (exact) mass is 406 g/mol. The van der Waals surface area contributed by atoms with Gasteiger partial charge in [0.2, 0.25) is 0 Å². The highest BCUT2D eigenvalue weighted by atomic mass is 19.1. The van der Waals surface area contributed by atoms with Crippen molar-refractivity contribution in [3.63, 3.8) is 0 Å². The minimum atomic E-state index is -0.430. The van der Waals surface area contributed by atoms with E-state index in [4.69, 9.17) is 15.5 Å². The summed E-state index contributed by atoms with van der Waals surface area (Å²) in [5.74, 6) is 0.528. The molecule has 0 amide bonds. The average molecular weight is 406 g/mol. The number of imidazole rings is 1. The number of carbonyl (C=O) groups is 1. The standard InChI is InChI=1S/C23H23FN4O2/c1-3-4-5-19-27-20-21(28(19)13-14-6-9-16(24)10-7-14)17-11-8-15(23(29)30-2)12-18(17)26-22(20)25/h6-12H,3-5,13H2,1-2H3,(H2,25,26). The molecule has 2 aromatic carbocycles. The fourth-order valence-electron chi connectivity index (χ4n) is 3.67. The number of nitrogens with two attached hydrogens (primary N) is 1. The van der Waals surface area contributed by atoms with Crippen LogP contribution >= 0.6 is 0 Å². The Bertz CT molecular complexity index is 1230. The lowest BCUT2D eigenvalue weighted by atomic mass is 10.1. The molecule has 30 heavy (non-hydrogen) atoms. The molecular formula is C23H23FN4O2. The van der Waals surface area contributed by atoms with Gasteiger partial charge in [0.15, 0.2) is 5.82 Å². The largest absolute Gasteiger partial charge is 0.465 e. The van der Waals surface area contributed by atoms with Crippen LogP contribution in [0, 0.1) is 5.82 Å². The van der Waals surface area contributed by atoms with Crippen molar-refractivity contribution in [3.8, 4) is 0 Å². The molecule has 0 spiro atoms. The first-order valence-corrected chi connectivity index (χ1v) is 9.93. The summed E-state index contributed by atoms with van der Waals surface area (Å²) in [4.78, 5) is 21.2. The van der Waals surface area contributed by atoms with Crippen molar-refractivity contribution in [2.24, 2.45) is 0 Å². The minimum Gasteiger partial charge on any atom is -0.465 e. The number of pyridine rings is 1. The van der Waals surface area contributed by atoms with Crippen LogP contribution in [0.3, 0.4) is 0 Å². The van der Waals surface area contributed by atoms with E-state index in [9.17, 15) is 9.18 Å². The van der Waals surface area contributed by atoms with Crippen molar-refractivity contribution < 1.29 is 13.9 Å². The number of rotatable bonds is 6. The SMILES string of the molecule is CCCCc1nc2c(N)nc3cc(C(=O)OC)ccc3c2n1Cc1ccc(F)cc1. The molecule has 0 atom stereocenters. The topological polar surface area (TPSA) is 83.0 Å². The number of aromatic nitrogens is 3. The van der Waals surface area contributed by atoms with E-state index in [1.165, 1.54) is 19.2 Å². The first-order chi connectivity index (χ1) is 14.5. The molecule has 4 rings (SSSR count). The number of anilines is 1. The Kier molecular flexibility index (Phi) is 5.35. The van der Waals surface area contributed by atoms with Gasteiger partial charge in [-0.3, -0.25) is 0 Å². The van der Waals surface area contributed by atoms with Gasteiger partial charge in [0, 0.05) is 18.4 Å². The number of aryl methyl sites for hydroxylation is 1. The van der Waals surface area contributed by atoms with Crippen LogP contribution in [-0.4, -0.2) is 27.6 Å². The van der Waals surface area contributed by atoms with Crippen LogP contribution in [0.2, 0.25) is 0 Å². The van der Waals surface area contributed by atoms with Crippen molar-refractivity contribution in [1.29, 1.82) is 0 Å². The lowest BCUT2D eigenvalue weighted by Crippen LogP contribution is -2.06. The Morgan fingerprint density at radius 1 is 1.17 bits per heavy atom. The summed E-state index contributed by atoms with van der Waals surface area (Å²) < 4.78 is 20.3. The van der Waals surface area contributed by atoms with Gasteiger partial charge < -0.3 is 15.0 Å². The van der Waals surface area contributed by atoms with Gasteiger partial charge in [0.05, 0.1) is 23.7 Å². The third-order valence-electron chi connectivity index (χ3n) is 5.21. The summed E-state index contributed by atoms with van der Waals surface area (Å²) >= 11 is 0. The maximum absolute atomic E-state index is 13.4.